The van der Waals surface area contributed by atoms with Crippen molar-refractivity contribution in [2.24, 2.45) is 0 Å². The number of nitrogens with one attached hydrogen (secondary N) is 1. The van der Waals surface area contributed by atoms with Gasteiger partial charge in [-0.15, -0.1) is 0 Å². The molecule has 11 heavy (non-hydrogen) atoms. The summed E-state index contributed by atoms with van der Waals surface area (Å²) in [5.74, 6) is 0. The van der Waals surface area contributed by atoms with Crippen molar-refractivity contribution in [3.8, 4) is 0 Å². The van der Waals surface area contributed by atoms with Gasteiger partial charge in [-0.05, 0) is 26.4 Å². The average molecular weight is 158 g/mol. The van der Waals surface area contributed by atoms with E-state index in [1.54, 1.807) is 0 Å². The van der Waals surface area contributed by atoms with Crippen LogP contribution < -0.4 is 5.32 Å². The molecule has 0 aliphatic carbocycles. The molecule has 1 aliphatic rings. The largest absolute Gasteiger partial charge is 0.395 e. The third-order valence-corrected chi connectivity index (χ3v) is 2.36. The van der Waals surface area contributed by atoms with Crippen LogP contribution in [0.1, 0.15) is 12.8 Å². The molecule has 1 rings (SSSR count). The molecule has 1 heterocycles. The molecule has 66 valence electrons. The number of aliphatic hydroxyl groups is 1. The third-order valence-electron chi connectivity index (χ3n) is 2.36. The van der Waals surface area contributed by atoms with Gasteiger partial charge in [-0.3, -0.25) is 4.90 Å². The van der Waals surface area contributed by atoms with Crippen molar-refractivity contribution < 1.29 is 5.11 Å². The first-order valence-electron chi connectivity index (χ1n) is 4.38. The van der Waals surface area contributed by atoms with Crippen LogP contribution >= 0.6 is 0 Å². The molecule has 0 aromatic carbocycles. The Morgan fingerprint density at radius 2 is 2.45 bits per heavy atom. The van der Waals surface area contributed by atoms with Crippen LogP contribution in [-0.2, 0) is 0 Å². The van der Waals surface area contributed by atoms with Crippen LogP contribution in [-0.4, -0.2) is 49.3 Å². The van der Waals surface area contributed by atoms with Gasteiger partial charge in [0.15, 0.2) is 0 Å². The second-order valence-electron chi connectivity index (χ2n) is 3.12. The Kier molecular flexibility index (Phi) is 3.83. The second kappa shape index (κ2) is 4.70. The maximum Gasteiger partial charge on any atom is 0.0586 e. The Hall–Kier alpha value is -0.120. The van der Waals surface area contributed by atoms with Gasteiger partial charge in [0.1, 0.15) is 0 Å². The van der Waals surface area contributed by atoms with Gasteiger partial charge in [0, 0.05) is 19.1 Å². The summed E-state index contributed by atoms with van der Waals surface area (Å²) >= 11 is 0. The van der Waals surface area contributed by atoms with Crippen molar-refractivity contribution in [2.75, 3.05) is 33.3 Å². The van der Waals surface area contributed by atoms with Gasteiger partial charge in [0.05, 0.1) is 6.61 Å². The quantitative estimate of drug-likeness (QED) is 0.587. The molecule has 0 aromatic rings. The van der Waals surface area contributed by atoms with Crippen LogP contribution in [0.25, 0.3) is 0 Å². The first kappa shape index (κ1) is 8.97. The van der Waals surface area contributed by atoms with Gasteiger partial charge in [-0.25, -0.2) is 0 Å². The van der Waals surface area contributed by atoms with Gasteiger partial charge in [-0.1, -0.05) is 0 Å². The molecule has 1 fully saturated rings. The van der Waals surface area contributed by atoms with Crippen LogP contribution in [0.3, 0.4) is 0 Å². The highest BCUT2D eigenvalue weighted by molar-refractivity contribution is 4.78. The summed E-state index contributed by atoms with van der Waals surface area (Å²) in [6.07, 6.45) is 2.41. The van der Waals surface area contributed by atoms with Crippen LogP contribution in [0.15, 0.2) is 0 Å². The standard InChI is InChI=1S/C8H18N2O/c1-9-4-6-10-5-2-3-8(10)7-11/h8-9,11H,2-7H2,1H3. The Bertz CT molecular complexity index is 108. The highest BCUT2D eigenvalue weighted by atomic mass is 16.3. The van der Waals surface area contributed by atoms with Gasteiger partial charge >= 0.3 is 0 Å². The van der Waals surface area contributed by atoms with E-state index >= 15 is 0 Å². The van der Waals surface area contributed by atoms with E-state index in [2.05, 4.69) is 10.2 Å². The molecule has 0 spiro atoms. The minimum absolute atomic E-state index is 0.323. The predicted molar refractivity (Wildman–Crippen MR) is 45.6 cm³/mol. The fourth-order valence-electron chi connectivity index (χ4n) is 1.65. The van der Waals surface area contributed by atoms with Crippen molar-refractivity contribution in [3.05, 3.63) is 0 Å². The molecule has 0 radical (unpaired) electrons. The van der Waals surface area contributed by atoms with Crippen molar-refractivity contribution >= 4 is 0 Å². The molecule has 1 aliphatic heterocycles. The van der Waals surface area contributed by atoms with Crippen molar-refractivity contribution in [2.45, 2.75) is 18.9 Å². The summed E-state index contributed by atoms with van der Waals surface area (Å²) in [5.41, 5.74) is 0. The van der Waals surface area contributed by atoms with E-state index in [-0.39, 0.29) is 0 Å². The molecule has 0 amide bonds. The minimum atomic E-state index is 0.323. The van der Waals surface area contributed by atoms with E-state index in [0.717, 1.165) is 19.6 Å². The first-order valence-corrected chi connectivity index (χ1v) is 4.38. The zero-order valence-electron chi connectivity index (χ0n) is 7.21. The fraction of sp³-hybridized carbons (Fsp3) is 1.00. The molecule has 1 saturated heterocycles. The Morgan fingerprint density at radius 1 is 1.64 bits per heavy atom. The minimum Gasteiger partial charge on any atom is -0.395 e. The number of hydrogen-bond acceptors (Lipinski definition) is 3. The van der Waals surface area contributed by atoms with Gasteiger partial charge in [0.2, 0.25) is 0 Å². The first-order chi connectivity index (χ1) is 5.38. The number of rotatable bonds is 4. The second-order valence-corrected chi connectivity index (χ2v) is 3.12. The molecular weight excluding hydrogens is 140 g/mol. The van der Waals surface area contributed by atoms with Crippen molar-refractivity contribution in [1.29, 1.82) is 0 Å². The van der Waals surface area contributed by atoms with Gasteiger partial charge < -0.3 is 10.4 Å². The number of hydrogen-bond donors (Lipinski definition) is 2. The lowest BCUT2D eigenvalue weighted by molar-refractivity contribution is 0.160. The van der Waals surface area contributed by atoms with E-state index in [9.17, 15) is 0 Å². The summed E-state index contributed by atoms with van der Waals surface area (Å²) in [7, 11) is 1.96. The van der Waals surface area contributed by atoms with Gasteiger partial charge in [-0.2, -0.15) is 0 Å². The third kappa shape index (κ3) is 2.43. The molecule has 1 atom stereocenters. The summed E-state index contributed by atoms with van der Waals surface area (Å²) in [5, 5.41) is 12.1. The molecule has 2 N–H and O–H groups in total. The van der Waals surface area contributed by atoms with Gasteiger partial charge in [0.25, 0.3) is 0 Å². The zero-order chi connectivity index (χ0) is 8.10. The predicted octanol–water partition coefficient (Wildman–Crippen LogP) is -0.338. The number of nitrogens with zero attached hydrogens (tertiary/aromatic N) is 1. The molecule has 1 unspecified atom stereocenters. The number of likely N-dealkylation sites (tertiary alicyclic amines) is 1. The summed E-state index contributed by atoms with van der Waals surface area (Å²) in [4.78, 5) is 2.36. The van der Waals surface area contributed by atoms with Crippen molar-refractivity contribution in [3.63, 3.8) is 0 Å². The molecule has 3 heteroatoms. The van der Waals surface area contributed by atoms with E-state index in [4.69, 9.17) is 5.11 Å². The molecule has 0 saturated carbocycles. The number of likely N-dealkylation sites (N-methyl/N-ethyl adjacent to an activating group) is 1. The monoisotopic (exact) mass is 158 g/mol. The maximum atomic E-state index is 8.97. The van der Waals surface area contributed by atoms with Crippen LogP contribution in [0, 0.1) is 0 Å². The molecular formula is C8H18N2O. The molecule has 0 bridgehead atoms. The normalized spacial score (nSPS) is 26.2. The molecule has 3 nitrogen and oxygen atoms in total. The molecule has 0 aromatic heterocycles. The van der Waals surface area contributed by atoms with E-state index in [1.807, 2.05) is 7.05 Å². The van der Waals surface area contributed by atoms with Crippen molar-refractivity contribution in [1.82, 2.24) is 10.2 Å². The number of aliphatic hydroxyl groups excluding tert-OH is 1. The topological polar surface area (TPSA) is 35.5 Å². The van der Waals surface area contributed by atoms with Crippen LogP contribution in [0.4, 0.5) is 0 Å². The van der Waals surface area contributed by atoms with E-state index < -0.39 is 0 Å². The lowest BCUT2D eigenvalue weighted by atomic mass is 10.2. The van der Waals surface area contributed by atoms with E-state index in [1.165, 1.54) is 12.8 Å². The summed E-state index contributed by atoms with van der Waals surface area (Å²) < 4.78 is 0. The smallest absolute Gasteiger partial charge is 0.0586 e. The summed E-state index contributed by atoms with van der Waals surface area (Å²) in [6.45, 7) is 3.58. The lowest BCUT2D eigenvalue weighted by Crippen LogP contribution is -2.36. The highest BCUT2D eigenvalue weighted by Crippen LogP contribution is 2.15. The van der Waals surface area contributed by atoms with E-state index in [0.29, 0.717) is 12.6 Å². The maximum absolute atomic E-state index is 8.97. The zero-order valence-corrected chi connectivity index (χ0v) is 7.21. The Morgan fingerprint density at radius 3 is 3.09 bits per heavy atom. The highest BCUT2D eigenvalue weighted by Gasteiger charge is 2.22. The average Bonchev–Trinajstić information content (AvgIpc) is 2.47. The summed E-state index contributed by atoms with van der Waals surface area (Å²) in [6, 6.07) is 0.434. The Balaban J connectivity index is 2.20. The Labute approximate surface area is 68.4 Å². The van der Waals surface area contributed by atoms with Crippen LogP contribution in [0.5, 0.6) is 0 Å². The SMILES string of the molecule is CNCCN1CCCC1CO. The lowest BCUT2D eigenvalue weighted by Gasteiger charge is -2.21. The van der Waals surface area contributed by atoms with Crippen LogP contribution in [0.2, 0.25) is 0 Å². The fourth-order valence-corrected chi connectivity index (χ4v) is 1.65.